The fourth-order valence-electron chi connectivity index (χ4n) is 2.69. The summed E-state index contributed by atoms with van der Waals surface area (Å²) in [4.78, 5) is 4.29. The van der Waals surface area contributed by atoms with E-state index in [1.807, 2.05) is 13.0 Å². The highest BCUT2D eigenvalue weighted by atomic mass is 16.5. The van der Waals surface area contributed by atoms with Crippen LogP contribution >= 0.6 is 0 Å². The fourth-order valence-corrected chi connectivity index (χ4v) is 2.69. The van der Waals surface area contributed by atoms with Crippen LogP contribution in [0.4, 0.5) is 5.69 Å². The average molecular weight is 248 g/mol. The van der Waals surface area contributed by atoms with Crippen LogP contribution in [0.1, 0.15) is 40.0 Å². The third kappa shape index (κ3) is 3.15. The standard InChI is InChI=1S/C15H24N2O/c1-4-18-15-13(6-5-9-16-15)17-14-10-11(2)7-8-12(14)3/h5-6,9,11-12,14,17H,4,7-8,10H2,1-3H3. The lowest BCUT2D eigenvalue weighted by atomic mass is 9.80. The van der Waals surface area contributed by atoms with Crippen molar-refractivity contribution >= 4 is 5.69 Å². The molecule has 3 nitrogen and oxygen atoms in total. The maximum atomic E-state index is 5.57. The zero-order valence-corrected chi connectivity index (χ0v) is 11.6. The van der Waals surface area contributed by atoms with Gasteiger partial charge in [0.05, 0.1) is 12.3 Å². The van der Waals surface area contributed by atoms with Gasteiger partial charge in [-0.3, -0.25) is 0 Å². The van der Waals surface area contributed by atoms with Crippen molar-refractivity contribution in [1.29, 1.82) is 0 Å². The van der Waals surface area contributed by atoms with Crippen molar-refractivity contribution in [3.63, 3.8) is 0 Å². The molecule has 0 aromatic carbocycles. The predicted octanol–water partition coefficient (Wildman–Crippen LogP) is 3.72. The highest BCUT2D eigenvalue weighted by molar-refractivity contribution is 5.52. The Balaban J connectivity index is 2.07. The van der Waals surface area contributed by atoms with Gasteiger partial charge in [0.2, 0.25) is 5.88 Å². The van der Waals surface area contributed by atoms with Crippen LogP contribution in [0.5, 0.6) is 5.88 Å². The van der Waals surface area contributed by atoms with Gasteiger partial charge in [0, 0.05) is 12.2 Å². The monoisotopic (exact) mass is 248 g/mol. The van der Waals surface area contributed by atoms with Gasteiger partial charge in [-0.05, 0) is 43.7 Å². The lowest BCUT2D eigenvalue weighted by molar-refractivity contribution is 0.278. The minimum Gasteiger partial charge on any atom is -0.476 e. The molecule has 100 valence electrons. The third-order valence-electron chi connectivity index (χ3n) is 3.85. The number of ether oxygens (including phenoxy) is 1. The topological polar surface area (TPSA) is 34.1 Å². The normalized spacial score (nSPS) is 27.8. The lowest BCUT2D eigenvalue weighted by Gasteiger charge is -2.34. The minimum atomic E-state index is 0.539. The molecule has 0 aliphatic heterocycles. The molecule has 1 saturated carbocycles. The van der Waals surface area contributed by atoms with Crippen molar-refractivity contribution in [2.75, 3.05) is 11.9 Å². The van der Waals surface area contributed by atoms with E-state index >= 15 is 0 Å². The summed E-state index contributed by atoms with van der Waals surface area (Å²) in [6.07, 6.45) is 5.68. The second-order valence-corrected chi connectivity index (χ2v) is 5.44. The Labute approximate surface area is 110 Å². The molecule has 1 aromatic rings. The highest BCUT2D eigenvalue weighted by Crippen LogP contribution is 2.32. The lowest BCUT2D eigenvalue weighted by Crippen LogP contribution is -2.33. The number of aromatic nitrogens is 1. The van der Waals surface area contributed by atoms with Crippen molar-refractivity contribution in [1.82, 2.24) is 4.98 Å². The highest BCUT2D eigenvalue weighted by Gasteiger charge is 2.26. The van der Waals surface area contributed by atoms with Gasteiger partial charge in [-0.25, -0.2) is 4.98 Å². The van der Waals surface area contributed by atoms with Crippen molar-refractivity contribution in [2.45, 2.75) is 46.1 Å². The van der Waals surface area contributed by atoms with E-state index in [4.69, 9.17) is 4.74 Å². The molecule has 1 fully saturated rings. The van der Waals surface area contributed by atoms with Gasteiger partial charge < -0.3 is 10.1 Å². The summed E-state index contributed by atoms with van der Waals surface area (Å²) in [5.74, 6) is 2.26. The van der Waals surface area contributed by atoms with Crippen LogP contribution < -0.4 is 10.1 Å². The Kier molecular flexibility index (Phi) is 4.45. The van der Waals surface area contributed by atoms with E-state index in [2.05, 4.69) is 30.2 Å². The molecule has 1 aromatic heterocycles. The molecular formula is C15H24N2O. The molecule has 0 bridgehead atoms. The maximum Gasteiger partial charge on any atom is 0.237 e. The summed E-state index contributed by atoms with van der Waals surface area (Å²) < 4.78 is 5.57. The molecule has 3 unspecified atom stereocenters. The van der Waals surface area contributed by atoms with E-state index in [0.717, 1.165) is 23.4 Å². The van der Waals surface area contributed by atoms with E-state index in [-0.39, 0.29) is 0 Å². The van der Waals surface area contributed by atoms with Crippen LogP contribution in [-0.2, 0) is 0 Å². The zero-order valence-electron chi connectivity index (χ0n) is 11.6. The number of pyridine rings is 1. The summed E-state index contributed by atoms with van der Waals surface area (Å²) >= 11 is 0. The van der Waals surface area contributed by atoms with Gasteiger partial charge in [-0.1, -0.05) is 20.3 Å². The molecule has 1 aliphatic carbocycles. The van der Waals surface area contributed by atoms with Crippen LogP contribution in [0.2, 0.25) is 0 Å². The second kappa shape index (κ2) is 6.07. The average Bonchev–Trinajstić information content (AvgIpc) is 2.36. The number of nitrogens with one attached hydrogen (secondary N) is 1. The van der Waals surface area contributed by atoms with Crippen LogP contribution in [-0.4, -0.2) is 17.6 Å². The predicted molar refractivity (Wildman–Crippen MR) is 75.0 cm³/mol. The first kappa shape index (κ1) is 13.2. The van der Waals surface area contributed by atoms with E-state index in [0.29, 0.717) is 12.6 Å². The van der Waals surface area contributed by atoms with Gasteiger partial charge in [-0.15, -0.1) is 0 Å². The van der Waals surface area contributed by atoms with Gasteiger partial charge in [0.1, 0.15) is 0 Å². The Morgan fingerprint density at radius 3 is 3.00 bits per heavy atom. The summed E-state index contributed by atoms with van der Waals surface area (Å²) in [6, 6.07) is 4.56. The van der Waals surface area contributed by atoms with Gasteiger partial charge in [0.15, 0.2) is 0 Å². The van der Waals surface area contributed by atoms with Gasteiger partial charge in [0.25, 0.3) is 0 Å². The number of nitrogens with zero attached hydrogens (tertiary/aromatic N) is 1. The van der Waals surface area contributed by atoms with E-state index in [9.17, 15) is 0 Å². The third-order valence-corrected chi connectivity index (χ3v) is 3.85. The minimum absolute atomic E-state index is 0.539. The molecule has 2 rings (SSSR count). The SMILES string of the molecule is CCOc1ncccc1NC1CC(C)CCC1C. The number of rotatable bonds is 4. The molecule has 1 N–H and O–H groups in total. The largest absolute Gasteiger partial charge is 0.476 e. The van der Waals surface area contributed by atoms with Crippen LogP contribution in [0, 0.1) is 11.8 Å². The van der Waals surface area contributed by atoms with E-state index in [1.165, 1.54) is 19.3 Å². The first-order valence-corrected chi connectivity index (χ1v) is 7.05. The summed E-state index contributed by atoms with van der Waals surface area (Å²) in [6.45, 7) is 7.32. The Morgan fingerprint density at radius 1 is 1.39 bits per heavy atom. The van der Waals surface area contributed by atoms with Crippen molar-refractivity contribution in [2.24, 2.45) is 11.8 Å². The van der Waals surface area contributed by atoms with Crippen LogP contribution in [0.3, 0.4) is 0 Å². The molecule has 0 saturated heterocycles. The quantitative estimate of drug-likeness (QED) is 0.882. The summed E-state index contributed by atoms with van der Waals surface area (Å²) in [5, 5.41) is 3.63. The molecule has 18 heavy (non-hydrogen) atoms. The van der Waals surface area contributed by atoms with Gasteiger partial charge >= 0.3 is 0 Å². The molecule has 1 heterocycles. The first-order chi connectivity index (χ1) is 8.70. The van der Waals surface area contributed by atoms with Crippen molar-refractivity contribution < 1.29 is 4.74 Å². The summed E-state index contributed by atoms with van der Waals surface area (Å²) in [7, 11) is 0. The first-order valence-electron chi connectivity index (χ1n) is 7.05. The van der Waals surface area contributed by atoms with E-state index in [1.54, 1.807) is 6.20 Å². The van der Waals surface area contributed by atoms with Crippen LogP contribution in [0.15, 0.2) is 18.3 Å². The summed E-state index contributed by atoms with van der Waals surface area (Å²) in [5.41, 5.74) is 1.03. The molecular weight excluding hydrogens is 224 g/mol. The second-order valence-electron chi connectivity index (χ2n) is 5.44. The molecule has 0 amide bonds. The fraction of sp³-hybridized carbons (Fsp3) is 0.667. The Morgan fingerprint density at radius 2 is 2.22 bits per heavy atom. The molecule has 3 heteroatoms. The Hall–Kier alpha value is -1.25. The number of hydrogen-bond donors (Lipinski definition) is 1. The Bertz CT molecular complexity index is 381. The molecule has 0 spiro atoms. The molecule has 0 radical (unpaired) electrons. The zero-order chi connectivity index (χ0) is 13.0. The molecule has 3 atom stereocenters. The number of hydrogen-bond acceptors (Lipinski definition) is 3. The van der Waals surface area contributed by atoms with Crippen molar-refractivity contribution in [3.05, 3.63) is 18.3 Å². The van der Waals surface area contributed by atoms with E-state index < -0.39 is 0 Å². The molecule has 1 aliphatic rings. The number of anilines is 1. The van der Waals surface area contributed by atoms with Crippen LogP contribution in [0.25, 0.3) is 0 Å². The maximum absolute atomic E-state index is 5.57. The van der Waals surface area contributed by atoms with Gasteiger partial charge in [-0.2, -0.15) is 0 Å². The van der Waals surface area contributed by atoms with Crippen molar-refractivity contribution in [3.8, 4) is 5.88 Å². The smallest absolute Gasteiger partial charge is 0.237 e.